The van der Waals surface area contributed by atoms with Crippen LogP contribution in [0.5, 0.6) is 0 Å². The SMILES string of the molecule is NNC(Cc1cccc(Cl)c1)c1cc(Cl)cnc1N. The molecule has 1 aromatic heterocycles. The number of nitrogens with zero attached hydrogens (tertiary/aromatic N) is 1. The molecule has 1 aromatic carbocycles. The fraction of sp³-hybridized carbons (Fsp3) is 0.154. The van der Waals surface area contributed by atoms with Crippen LogP contribution in [0.4, 0.5) is 5.82 Å². The molecule has 1 heterocycles. The van der Waals surface area contributed by atoms with Gasteiger partial charge in [0.1, 0.15) is 5.82 Å². The molecule has 0 amide bonds. The number of benzene rings is 1. The second-order valence-corrected chi connectivity index (χ2v) is 5.05. The van der Waals surface area contributed by atoms with Crippen molar-refractivity contribution in [2.24, 2.45) is 5.84 Å². The van der Waals surface area contributed by atoms with Crippen molar-refractivity contribution in [3.8, 4) is 0 Å². The van der Waals surface area contributed by atoms with Crippen molar-refractivity contribution in [1.82, 2.24) is 10.4 Å². The van der Waals surface area contributed by atoms with E-state index in [1.54, 1.807) is 6.07 Å². The fourth-order valence-electron chi connectivity index (χ4n) is 1.90. The topological polar surface area (TPSA) is 77.0 Å². The summed E-state index contributed by atoms with van der Waals surface area (Å²) in [6, 6.07) is 9.17. The van der Waals surface area contributed by atoms with Crippen molar-refractivity contribution < 1.29 is 0 Å². The third-order valence-electron chi connectivity index (χ3n) is 2.82. The second kappa shape index (κ2) is 6.21. The summed E-state index contributed by atoms with van der Waals surface area (Å²) in [7, 11) is 0. The van der Waals surface area contributed by atoms with Gasteiger partial charge in [-0.25, -0.2) is 4.98 Å². The number of anilines is 1. The van der Waals surface area contributed by atoms with Crippen LogP contribution in [0.25, 0.3) is 0 Å². The van der Waals surface area contributed by atoms with Gasteiger partial charge >= 0.3 is 0 Å². The molecule has 0 aliphatic heterocycles. The van der Waals surface area contributed by atoms with Crippen molar-refractivity contribution >= 4 is 29.0 Å². The Bertz CT molecular complexity index is 574. The summed E-state index contributed by atoms with van der Waals surface area (Å²) in [5.74, 6) is 6.01. The molecular weight excluding hydrogens is 283 g/mol. The van der Waals surface area contributed by atoms with Crippen LogP contribution in [0.1, 0.15) is 17.2 Å². The average Bonchev–Trinajstić information content (AvgIpc) is 2.39. The zero-order chi connectivity index (χ0) is 13.8. The lowest BCUT2D eigenvalue weighted by molar-refractivity contribution is 0.552. The van der Waals surface area contributed by atoms with Gasteiger partial charge in [-0.05, 0) is 30.2 Å². The molecule has 0 spiro atoms. The van der Waals surface area contributed by atoms with Gasteiger partial charge in [-0.3, -0.25) is 11.3 Å². The number of pyridine rings is 1. The zero-order valence-electron chi connectivity index (χ0n) is 10.1. The summed E-state index contributed by atoms with van der Waals surface area (Å²) in [6.45, 7) is 0. The Balaban J connectivity index is 2.27. The summed E-state index contributed by atoms with van der Waals surface area (Å²) in [5, 5.41) is 1.21. The largest absolute Gasteiger partial charge is 0.383 e. The van der Waals surface area contributed by atoms with Gasteiger partial charge in [0.15, 0.2) is 0 Å². The molecule has 1 atom stereocenters. The zero-order valence-corrected chi connectivity index (χ0v) is 11.6. The van der Waals surface area contributed by atoms with Gasteiger partial charge < -0.3 is 5.73 Å². The van der Waals surface area contributed by atoms with Crippen LogP contribution in [0.15, 0.2) is 36.5 Å². The minimum atomic E-state index is -0.176. The first-order chi connectivity index (χ1) is 9.10. The number of aromatic nitrogens is 1. The molecule has 4 nitrogen and oxygen atoms in total. The van der Waals surface area contributed by atoms with Crippen molar-refractivity contribution in [3.05, 3.63) is 57.7 Å². The second-order valence-electron chi connectivity index (χ2n) is 4.18. The third kappa shape index (κ3) is 3.58. The Morgan fingerprint density at radius 3 is 2.68 bits per heavy atom. The van der Waals surface area contributed by atoms with E-state index in [4.69, 9.17) is 34.8 Å². The van der Waals surface area contributed by atoms with Crippen LogP contribution < -0.4 is 17.0 Å². The molecule has 6 heteroatoms. The van der Waals surface area contributed by atoms with E-state index in [0.29, 0.717) is 22.3 Å². The summed E-state index contributed by atoms with van der Waals surface area (Å²) in [4.78, 5) is 4.03. The van der Waals surface area contributed by atoms with Crippen molar-refractivity contribution in [1.29, 1.82) is 0 Å². The van der Waals surface area contributed by atoms with Gasteiger partial charge in [-0.15, -0.1) is 0 Å². The lowest BCUT2D eigenvalue weighted by atomic mass is 10.00. The number of nitrogen functional groups attached to an aromatic ring is 1. The summed E-state index contributed by atoms with van der Waals surface area (Å²) < 4.78 is 0. The molecule has 0 fully saturated rings. The van der Waals surface area contributed by atoms with Gasteiger partial charge in [-0.2, -0.15) is 0 Å². The quantitative estimate of drug-likeness (QED) is 0.599. The van der Waals surface area contributed by atoms with Crippen LogP contribution in [0.2, 0.25) is 10.0 Å². The van der Waals surface area contributed by atoms with E-state index in [2.05, 4.69) is 10.4 Å². The lowest BCUT2D eigenvalue weighted by Crippen LogP contribution is -2.30. The average molecular weight is 297 g/mol. The molecule has 100 valence electrons. The van der Waals surface area contributed by atoms with E-state index in [1.165, 1.54) is 6.20 Å². The van der Waals surface area contributed by atoms with Crippen LogP contribution in [0.3, 0.4) is 0 Å². The molecule has 0 aliphatic carbocycles. The molecule has 2 aromatic rings. The summed E-state index contributed by atoms with van der Waals surface area (Å²) in [5.41, 5.74) is 10.4. The van der Waals surface area contributed by atoms with Gasteiger partial charge in [0, 0.05) is 16.8 Å². The number of hydrogen-bond acceptors (Lipinski definition) is 4. The van der Waals surface area contributed by atoms with Crippen LogP contribution in [0, 0.1) is 0 Å². The van der Waals surface area contributed by atoms with E-state index in [0.717, 1.165) is 11.1 Å². The molecule has 2 rings (SSSR count). The van der Waals surface area contributed by atoms with E-state index >= 15 is 0 Å². The van der Waals surface area contributed by atoms with Crippen LogP contribution >= 0.6 is 23.2 Å². The molecule has 0 radical (unpaired) electrons. The first-order valence-electron chi connectivity index (χ1n) is 5.71. The maximum absolute atomic E-state index is 5.96. The van der Waals surface area contributed by atoms with Crippen molar-refractivity contribution in [2.45, 2.75) is 12.5 Å². The maximum Gasteiger partial charge on any atom is 0.128 e. The van der Waals surface area contributed by atoms with E-state index in [1.807, 2.05) is 24.3 Å². The number of rotatable bonds is 4. The number of nitrogens with two attached hydrogens (primary N) is 2. The number of hydrazine groups is 1. The minimum Gasteiger partial charge on any atom is -0.383 e. The molecule has 0 bridgehead atoms. The Morgan fingerprint density at radius 1 is 1.21 bits per heavy atom. The summed E-state index contributed by atoms with van der Waals surface area (Å²) in [6.07, 6.45) is 2.15. The molecule has 0 aliphatic rings. The number of halogens is 2. The molecule has 5 N–H and O–H groups in total. The highest BCUT2D eigenvalue weighted by Gasteiger charge is 2.15. The van der Waals surface area contributed by atoms with E-state index in [-0.39, 0.29) is 6.04 Å². The highest BCUT2D eigenvalue weighted by molar-refractivity contribution is 6.30. The molecule has 0 saturated heterocycles. The smallest absolute Gasteiger partial charge is 0.128 e. The lowest BCUT2D eigenvalue weighted by Gasteiger charge is -2.18. The Morgan fingerprint density at radius 2 is 2.00 bits per heavy atom. The van der Waals surface area contributed by atoms with Gasteiger partial charge in [0.2, 0.25) is 0 Å². The van der Waals surface area contributed by atoms with E-state index < -0.39 is 0 Å². The fourth-order valence-corrected chi connectivity index (χ4v) is 2.28. The first kappa shape index (κ1) is 14.1. The minimum absolute atomic E-state index is 0.176. The van der Waals surface area contributed by atoms with Gasteiger partial charge in [-0.1, -0.05) is 35.3 Å². The molecule has 1 unspecified atom stereocenters. The normalized spacial score (nSPS) is 12.4. The van der Waals surface area contributed by atoms with Crippen LogP contribution in [-0.2, 0) is 6.42 Å². The monoisotopic (exact) mass is 296 g/mol. The van der Waals surface area contributed by atoms with Crippen molar-refractivity contribution in [2.75, 3.05) is 5.73 Å². The number of hydrogen-bond donors (Lipinski definition) is 3. The molecule has 19 heavy (non-hydrogen) atoms. The summed E-state index contributed by atoms with van der Waals surface area (Å²) >= 11 is 11.9. The maximum atomic E-state index is 5.96. The molecule has 0 saturated carbocycles. The predicted octanol–water partition coefficient (Wildman–Crippen LogP) is 2.72. The van der Waals surface area contributed by atoms with E-state index in [9.17, 15) is 0 Å². The van der Waals surface area contributed by atoms with Crippen LogP contribution in [-0.4, -0.2) is 4.98 Å². The van der Waals surface area contributed by atoms with Gasteiger partial charge in [0.25, 0.3) is 0 Å². The number of nitrogens with one attached hydrogen (secondary N) is 1. The Kier molecular flexibility index (Phi) is 4.61. The first-order valence-corrected chi connectivity index (χ1v) is 6.47. The third-order valence-corrected chi connectivity index (χ3v) is 3.26. The Hall–Kier alpha value is -1.33. The highest BCUT2D eigenvalue weighted by Crippen LogP contribution is 2.25. The Labute approximate surface area is 121 Å². The van der Waals surface area contributed by atoms with Gasteiger partial charge in [0.05, 0.1) is 11.1 Å². The van der Waals surface area contributed by atoms with Crippen molar-refractivity contribution in [3.63, 3.8) is 0 Å². The standard InChI is InChI=1S/C13H14Cl2N4/c14-9-3-1-2-8(4-9)5-12(19-17)11-6-10(15)7-18-13(11)16/h1-4,6-7,12,19H,5,17H2,(H2,16,18). The highest BCUT2D eigenvalue weighted by atomic mass is 35.5. The molecular formula is C13H14Cl2N4. The predicted molar refractivity (Wildman–Crippen MR) is 78.9 cm³/mol.